The summed E-state index contributed by atoms with van der Waals surface area (Å²) < 4.78 is 0. The number of carbonyl (C=O) groups is 2. The van der Waals surface area contributed by atoms with Crippen LogP contribution in [0.15, 0.2) is 18.2 Å². The fourth-order valence-corrected chi connectivity index (χ4v) is 2.94. The van der Waals surface area contributed by atoms with Gasteiger partial charge in [-0.1, -0.05) is 6.07 Å². The van der Waals surface area contributed by atoms with Crippen molar-refractivity contribution in [1.82, 2.24) is 4.98 Å². The van der Waals surface area contributed by atoms with E-state index in [1.165, 1.54) is 11.3 Å². The first-order valence-corrected chi connectivity index (χ1v) is 6.53. The van der Waals surface area contributed by atoms with Gasteiger partial charge in [0.2, 0.25) is 0 Å². The predicted octanol–water partition coefficient (Wildman–Crippen LogP) is 2.14. The molecule has 0 saturated heterocycles. The largest absolute Gasteiger partial charge is 0.398 e. The van der Waals surface area contributed by atoms with Crippen LogP contribution in [0.2, 0.25) is 0 Å². The van der Waals surface area contributed by atoms with Gasteiger partial charge in [0.05, 0.1) is 16.8 Å². The van der Waals surface area contributed by atoms with E-state index in [9.17, 15) is 9.59 Å². The van der Waals surface area contributed by atoms with Gasteiger partial charge in [-0.05, 0) is 26.0 Å². The number of aryl methyl sites for hydroxylation is 2. The maximum Gasteiger partial charge on any atom is 0.270 e. The van der Waals surface area contributed by atoms with Crippen molar-refractivity contribution in [3.63, 3.8) is 0 Å². The Balaban J connectivity index is 2.15. The molecule has 2 N–H and O–H groups in total. The number of carbonyl (C=O) groups excluding carboxylic acids is 2. The molecular formula is C13H11N3O2S. The van der Waals surface area contributed by atoms with Gasteiger partial charge >= 0.3 is 0 Å². The maximum absolute atomic E-state index is 12.3. The first kappa shape index (κ1) is 11.9. The van der Waals surface area contributed by atoms with E-state index in [0.29, 0.717) is 16.4 Å². The zero-order valence-electron chi connectivity index (χ0n) is 10.4. The second-order valence-corrected chi connectivity index (χ2v) is 5.54. The van der Waals surface area contributed by atoms with E-state index in [2.05, 4.69) is 4.98 Å². The lowest BCUT2D eigenvalue weighted by Gasteiger charge is -2.08. The van der Waals surface area contributed by atoms with E-state index in [1.54, 1.807) is 18.2 Å². The number of nitrogen functional groups attached to an aromatic ring is 1. The lowest BCUT2D eigenvalue weighted by Crippen LogP contribution is -2.29. The van der Waals surface area contributed by atoms with Crippen molar-refractivity contribution in [3.05, 3.63) is 39.9 Å². The van der Waals surface area contributed by atoms with Gasteiger partial charge in [-0.3, -0.25) is 9.59 Å². The molecule has 19 heavy (non-hydrogen) atoms. The highest BCUT2D eigenvalue weighted by molar-refractivity contribution is 7.16. The molecular weight excluding hydrogens is 262 g/mol. The molecule has 0 spiro atoms. The zero-order chi connectivity index (χ0) is 13.7. The van der Waals surface area contributed by atoms with E-state index in [1.807, 2.05) is 13.8 Å². The number of nitrogens with zero attached hydrogens (tertiary/aromatic N) is 2. The number of aromatic nitrogens is 1. The molecule has 2 amide bonds. The van der Waals surface area contributed by atoms with E-state index >= 15 is 0 Å². The molecule has 0 aliphatic carbocycles. The summed E-state index contributed by atoms with van der Waals surface area (Å²) in [6.45, 7) is 3.75. The molecule has 6 heteroatoms. The Morgan fingerprint density at radius 2 is 1.95 bits per heavy atom. The van der Waals surface area contributed by atoms with Crippen LogP contribution in [0.25, 0.3) is 0 Å². The normalized spacial score (nSPS) is 14.1. The second kappa shape index (κ2) is 3.89. The van der Waals surface area contributed by atoms with Gasteiger partial charge in [0.1, 0.15) is 0 Å². The molecule has 1 aliphatic rings. The Hall–Kier alpha value is -2.21. The summed E-state index contributed by atoms with van der Waals surface area (Å²) in [5.41, 5.74) is 7.55. The number of fused-ring (bicyclic) bond motifs is 1. The summed E-state index contributed by atoms with van der Waals surface area (Å²) in [5.74, 6) is -0.757. The predicted molar refractivity (Wildman–Crippen MR) is 73.6 cm³/mol. The van der Waals surface area contributed by atoms with Gasteiger partial charge in [-0.25, -0.2) is 9.88 Å². The highest BCUT2D eigenvalue weighted by Gasteiger charge is 2.39. The third-order valence-corrected chi connectivity index (χ3v) is 4.21. The van der Waals surface area contributed by atoms with E-state index in [0.717, 1.165) is 15.5 Å². The number of anilines is 2. The van der Waals surface area contributed by atoms with Crippen LogP contribution in [0.5, 0.6) is 0 Å². The molecule has 0 fully saturated rings. The van der Waals surface area contributed by atoms with Crippen molar-refractivity contribution >= 4 is 34.0 Å². The monoisotopic (exact) mass is 273 g/mol. The molecule has 2 heterocycles. The molecule has 0 saturated carbocycles. The molecule has 0 radical (unpaired) electrons. The minimum Gasteiger partial charge on any atom is -0.398 e. The molecule has 0 unspecified atom stereocenters. The first-order valence-electron chi connectivity index (χ1n) is 5.72. The number of rotatable bonds is 1. The van der Waals surface area contributed by atoms with Gasteiger partial charge in [0, 0.05) is 10.6 Å². The van der Waals surface area contributed by atoms with Crippen LogP contribution in [-0.2, 0) is 0 Å². The van der Waals surface area contributed by atoms with Crippen molar-refractivity contribution in [2.45, 2.75) is 13.8 Å². The molecule has 2 aromatic rings. The van der Waals surface area contributed by atoms with Crippen LogP contribution >= 0.6 is 11.3 Å². The second-order valence-electron chi connectivity index (χ2n) is 4.35. The van der Waals surface area contributed by atoms with Gasteiger partial charge < -0.3 is 5.73 Å². The summed E-state index contributed by atoms with van der Waals surface area (Å²) >= 11 is 1.33. The fourth-order valence-electron chi connectivity index (χ4n) is 2.04. The van der Waals surface area contributed by atoms with Crippen molar-refractivity contribution in [2.75, 3.05) is 10.6 Å². The molecule has 0 atom stereocenters. The number of hydrogen-bond donors (Lipinski definition) is 1. The summed E-state index contributed by atoms with van der Waals surface area (Å²) in [6, 6.07) is 4.90. The lowest BCUT2D eigenvalue weighted by atomic mass is 10.1. The maximum atomic E-state index is 12.3. The van der Waals surface area contributed by atoms with Gasteiger partial charge in [-0.2, -0.15) is 0 Å². The fraction of sp³-hybridized carbons (Fsp3) is 0.154. The Morgan fingerprint density at radius 3 is 2.53 bits per heavy atom. The smallest absolute Gasteiger partial charge is 0.270 e. The van der Waals surface area contributed by atoms with Gasteiger partial charge in [0.25, 0.3) is 11.8 Å². The Bertz CT molecular complexity index is 701. The molecule has 1 aliphatic heterocycles. The van der Waals surface area contributed by atoms with Crippen LogP contribution < -0.4 is 10.6 Å². The van der Waals surface area contributed by atoms with Crippen molar-refractivity contribution in [2.24, 2.45) is 0 Å². The number of amides is 2. The summed E-state index contributed by atoms with van der Waals surface area (Å²) in [6.07, 6.45) is 0. The number of nitrogens with two attached hydrogens (primary N) is 1. The minimum absolute atomic E-state index is 0.276. The topological polar surface area (TPSA) is 76.3 Å². The van der Waals surface area contributed by atoms with Crippen molar-refractivity contribution in [1.29, 1.82) is 0 Å². The van der Waals surface area contributed by atoms with E-state index in [4.69, 9.17) is 5.73 Å². The van der Waals surface area contributed by atoms with Gasteiger partial charge in [0.15, 0.2) is 5.13 Å². The molecule has 3 rings (SSSR count). The zero-order valence-corrected chi connectivity index (χ0v) is 11.2. The highest BCUT2D eigenvalue weighted by Crippen LogP contribution is 2.34. The first-order chi connectivity index (χ1) is 9.00. The average Bonchev–Trinajstić information content (AvgIpc) is 2.80. The molecule has 5 nitrogen and oxygen atoms in total. The van der Waals surface area contributed by atoms with Crippen LogP contribution in [-0.4, -0.2) is 16.8 Å². The standard InChI is InChI=1S/C13H11N3O2S/c1-6-7(2)19-13(15-6)16-11(17)8-4-3-5-9(14)10(8)12(16)18/h3-5H,14H2,1-2H3. The molecule has 1 aromatic carbocycles. The lowest BCUT2D eigenvalue weighted by molar-refractivity contribution is 0.0926. The summed E-state index contributed by atoms with van der Waals surface area (Å²) in [4.78, 5) is 31.0. The molecule has 96 valence electrons. The highest BCUT2D eigenvalue weighted by atomic mass is 32.1. The van der Waals surface area contributed by atoms with Crippen LogP contribution in [0.1, 0.15) is 31.3 Å². The minimum atomic E-state index is -0.396. The molecule has 0 bridgehead atoms. The quantitative estimate of drug-likeness (QED) is 0.638. The van der Waals surface area contributed by atoms with Crippen LogP contribution in [0, 0.1) is 13.8 Å². The van der Waals surface area contributed by atoms with Gasteiger partial charge in [-0.15, -0.1) is 11.3 Å². The summed E-state index contributed by atoms with van der Waals surface area (Å²) in [5, 5.41) is 0.403. The summed E-state index contributed by atoms with van der Waals surface area (Å²) in [7, 11) is 0. The number of benzene rings is 1. The third kappa shape index (κ3) is 1.57. The Kier molecular flexibility index (Phi) is 2.43. The molecule has 1 aromatic heterocycles. The Labute approximate surface area is 113 Å². The Morgan fingerprint density at radius 1 is 1.21 bits per heavy atom. The van der Waals surface area contributed by atoms with Crippen molar-refractivity contribution in [3.8, 4) is 0 Å². The third-order valence-electron chi connectivity index (χ3n) is 3.16. The number of thiazole rings is 1. The van der Waals surface area contributed by atoms with E-state index in [-0.39, 0.29) is 11.5 Å². The van der Waals surface area contributed by atoms with Crippen LogP contribution in [0.3, 0.4) is 0 Å². The van der Waals surface area contributed by atoms with Crippen molar-refractivity contribution < 1.29 is 9.59 Å². The number of hydrogen-bond acceptors (Lipinski definition) is 5. The average molecular weight is 273 g/mol. The SMILES string of the molecule is Cc1nc(N2C(=O)c3cccc(N)c3C2=O)sc1C. The number of imide groups is 1. The van der Waals surface area contributed by atoms with Crippen LogP contribution in [0.4, 0.5) is 10.8 Å². The van der Waals surface area contributed by atoms with E-state index < -0.39 is 5.91 Å².